The fourth-order valence-electron chi connectivity index (χ4n) is 2.81. The lowest BCUT2D eigenvalue weighted by atomic mass is 10.2. The van der Waals surface area contributed by atoms with Crippen LogP contribution in [0.4, 0.5) is 11.4 Å². The van der Waals surface area contributed by atoms with Gasteiger partial charge in [0.15, 0.2) is 11.7 Å². The normalized spacial score (nSPS) is 14.5. The van der Waals surface area contributed by atoms with E-state index in [0.29, 0.717) is 5.75 Å². The highest BCUT2D eigenvalue weighted by molar-refractivity contribution is 7.80. The van der Waals surface area contributed by atoms with Gasteiger partial charge in [-0.2, -0.15) is 0 Å². The fraction of sp³-hybridized carbons (Fsp3) is 0.300. The van der Waals surface area contributed by atoms with E-state index in [0.717, 1.165) is 31.9 Å². The van der Waals surface area contributed by atoms with Crippen molar-refractivity contribution in [3.63, 3.8) is 0 Å². The molecule has 1 aliphatic rings. The zero-order valence-electron chi connectivity index (χ0n) is 15.4. The molecule has 2 aromatic carbocycles. The van der Waals surface area contributed by atoms with Crippen molar-refractivity contribution in [2.24, 2.45) is 0 Å². The van der Waals surface area contributed by atoms with Gasteiger partial charge in [-0.25, -0.2) is 0 Å². The molecule has 1 aliphatic heterocycles. The molecule has 0 saturated carbocycles. The molecule has 0 atom stereocenters. The molecular formula is C20H24N4O2S. The van der Waals surface area contributed by atoms with Gasteiger partial charge in [0.25, 0.3) is 5.91 Å². The number of amides is 1. The molecule has 3 rings (SSSR count). The predicted octanol–water partition coefficient (Wildman–Crippen LogP) is 2.33. The Bertz CT molecular complexity index is 759. The molecule has 0 radical (unpaired) electrons. The molecule has 142 valence electrons. The standard InChI is InChI=1S/C20H24N4O2S/c1-23-11-13-24(14-12-23)17-9-7-16(8-10-17)21-20(27)22-19(25)15-26-18-5-3-2-4-6-18/h2-10H,11-15H2,1H3,(H2,21,22,25,27). The SMILES string of the molecule is CN1CCN(c2ccc(NC(=S)NC(=O)COc3ccccc3)cc2)CC1. The Morgan fingerprint density at radius 1 is 1.04 bits per heavy atom. The predicted molar refractivity (Wildman–Crippen MR) is 112 cm³/mol. The fourth-order valence-corrected chi connectivity index (χ4v) is 3.04. The molecule has 1 saturated heterocycles. The van der Waals surface area contributed by atoms with Crippen LogP contribution in [0.3, 0.4) is 0 Å². The number of hydrogen-bond acceptors (Lipinski definition) is 5. The minimum absolute atomic E-state index is 0.0891. The summed E-state index contributed by atoms with van der Waals surface area (Å²) in [4.78, 5) is 16.6. The number of ether oxygens (including phenoxy) is 1. The summed E-state index contributed by atoms with van der Waals surface area (Å²) in [5, 5.41) is 5.90. The van der Waals surface area contributed by atoms with E-state index in [1.54, 1.807) is 12.1 Å². The number of anilines is 2. The van der Waals surface area contributed by atoms with Crippen LogP contribution in [0, 0.1) is 0 Å². The highest BCUT2D eigenvalue weighted by Gasteiger charge is 2.14. The van der Waals surface area contributed by atoms with Gasteiger partial charge in [-0.05, 0) is 55.7 Å². The number of hydrogen-bond donors (Lipinski definition) is 2. The van der Waals surface area contributed by atoms with Crippen LogP contribution < -0.4 is 20.3 Å². The lowest BCUT2D eigenvalue weighted by Gasteiger charge is -2.34. The maximum Gasteiger partial charge on any atom is 0.264 e. The Hall–Kier alpha value is -2.64. The number of benzene rings is 2. The van der Waals surface area contributed by atoms with Crippen LogP contribution in [0.15, 0.2) is 54.6 Å². The summed E-state index contributed by atoms with van der Waals surface area (Å²) in [6.45, 7) is 4.11. The van der Waals surface area contributed by atoms with Gasteiger partial charge in [0.05, 0.1) is 0 Å². The first-order chi connectivity index (χ1) is 13.1. The first-order valence-electron chi connectivity index (χ1n) is 8.92. The Morgan fingerprint density at radius 3 is 2.37 bits per heavy atom. The van der Waals surface area contributed by atoms with Gasteiger partial charge in [-0.15, -0.1) is 0 Å². The number of nitrogens with zero attached hydrogens (tertiary/aromatic N) is 2. The third kappa shape index (κ3) is 5.94. The van der Waals surface area contributed by atoms with Crippen molar-refractivity contribution in [1.82, 2.24) is 10.2 Å². The molecule has 7 heteroatoms. The average Bonchev–Trinajstić information content (AvgIpc) is 2.68. The average molecular weight is 385 g/mol. The van der Waals surface area contributed by atoms with Gasteiger partial charge in [0.2, 0.25) is 0 Å². The van der Waals surface area contributed by atoms with E-state index in [1.807, 2.05) is 30.3 Å². The second-order valence-corrected chi connectivity index (χ2v) is 6.85. The van der Waals surface area contributed by atoms with Crippen LogP contribution in [-0.4, -0.2) is 55.8 Å². The monoisotopic (exact) mass is 384 g/mol. The molecule has 2 N–H and O–H groups in total. The number of nitrogens with one attached hydrogen (secondary N) is 2. The van der Waals surface area contributed by atoms with Crippen molar-refractivity contribution >= 4 is 34.6 Å². The molecule has 27 heavy (non-hydrogen) atoms. The minimum Gasteiger partial charge on any atom is -0.484 e. The van der Waals surface area contributed by atoms with E-state index in [4.69, 9.17) is 17.0 Å². The van der Waals surface area contributed by atoms with Crippen molar-refractivity contribution < 1.29 is 9.53 Å². The van der Waals surface area contributed by atoms with Gasteiger partial charge >= 0.3 is 0 Å². The summed E-state index contributed by atoms with van der Waals surface area (Å²) in [6, 6.07) is 17.3. The second kappa shape index (κ2) is 9.34. The molecule has 0 aromatic heterocycles. The van der Waals surface area contributed by atoms with E-state index in [2.05, 4.69) is 39.6 Å². The Morgan fingerprint density at radius 2 is 1.70 bits per heavy atom. The van der Waals surface area contributed by atoms with Crippen LogP contribution in [0.1, 0.15) is 0 Å². The molecule has 1 amide bonds. The van der Waals surface area contributed by atoms with Crippen LogP contribution in [0.2, 0.25) is 0 Å². The van der Waals surface area contributed by atoms with Gasteiger partial charge in [-0.3, -0.25) is 10.1 Å². The lowest BCUT2D eigenvalue weighted by Crippen LogP contribution is -2.44. The minimum atomic E-state index is -0.301. The third-order valence-corrected chi connectivity index (χ3v) is 4.56. The summed E-state index contributed by atoms with van der Waals surface area (Å²) in [7, 11) is 2.14. The summed E-state index contributed by atoms with van der Waals surface area (Å²) in [5.41, 5.74) is 2.03. The number of piperazine rings is 1. The maximum absolute atomic E-state index is 11.9. The number of carbonyl (C=O) groups is 1. The van der Waals surface area contributed by atoms with Gasteiger partial charge in [0, 0.05) is 37.6 Å². The summed E-state index contributed by atoms with van der Waals surface area (Å²) < 4.78 is 5.40. The number of para-hydroxylation sites is 1. The molecular weight excluding hydrogens is 360 g/mol. The Labute approximate surface area is 165 Å². The van der Waals surface area contributed by atoms with Crippen LogP contribution in [-0.2, 0) is 4.79 Å². The van der Waals surface area contributed by atoms with Crippen molar-refractivity contribution in [2.45, 2.75) is 0 Å². The summed E-state index contributed by atoms with van der Waals surface area (Å²) >= 11 is 5.20. The summed E-state index contributed by atoms with van der Waals surface area (Å²) in [5.74, 6) is 0.344. The Kier molecular flexibility index (Phi) is 6.62. The molecule has 6 nitrogen and oxygen atoms in total. The van der Waals surface area contributed by atoms with Crippen LogP contribution in [0.5, 0.6) is 5.75 Å². The number of rotatable bonds is 5. The molecule has 1 fully saturated rings. The maximum atomic E-state index is 11.9. The van der Waals surface area contributed by atoms with Crippen molar-refractivity contribution in [3.8, 4) is 5.75 Å². The van der Waals surface area contributed by atoms with E-state index < -0.39 is 0 Å². The van der Waals surface area contributed by atoms with Crippen molar-refractivity contribution in [2.75, 3.05) is 50.1 Å². The van der Waals surface area contributed by atoms with Gasteiger partial charge in [-0.1, -0.05) is 18.2 Å². The molecule has 0 unspecified atom stereocenters. The topological polar surface area (TPSA) is 56.8 Å². The van der Waals surface area contributed by atoms with E-state index in [1.165, 1.54) is 5.69 Å². The molecule has 1 heterocycles. The number of thiocarbonyl (C=S) groups is 1. The molecule has 2 aromatic rings. The van der Waals surface area contributed by atoms with E-state index >= 15 is 0 Å². The zero-order valence-corrected chi connectivity index (χ0v) is 16.2. The van der Waals surface area contributed by atoms with Crippen LogP contribution >= 0.6 is 12.2 Å². The largest absolute Gasteiger partial charge is 0.484 e. The molecule has 0 aliphatic carbocycles. The third-order valence-electron chi connectivity index (χ3n) is 4.36. The highest BCUT2D eigenvalue weighted by atomic mass is 32.1. The van der Waals surface area contributed by atoms with E-state index in [-0.39, 0.29) is 17.6 Å². The van der Waals surface area contributed by atoms with E-state index in [9.17, 15) is 4.79 Å². The Balaban J connectivity index is 1.44. The molecule has 0 bridgehead atoms. The van der Waals surface area contributed by atoms with Crippen molar-refractivity contribution in [3.05, 3.63) is 54.6 Å². The second-order valence-electron chi connectivity index (χ2n) is 6.44. The zero-order chi connectivity index (χ0) is 19.1. The van der Waals surface area contributed by atoms with Gasteiger partial charge < -0.3 is 19.9 Å². The smallest absolute Gasteiger partial charge is 0.264 e. The molecule has 0 spiro atoms. The van der Waals surface area contributed by atoms with Crippen LogP contribution in [0.25, 0.3) is 0 Å². The highest BCUT2D eigenvalue weighted by Crippen LogP contribution is 2.19. The number of likely N-dealkylation sites (N-methyl/N-ethyl adjacent to an activating group) is 1. The quantitative estimate of drug-likeness (QED) is 0.772. The lowest BCUT2D eigenvalue weighted by molar-refractivity contribution is -0.121. The number of carbonyl (C=O) groups excluding carboxylic acids is 1. The van der Waals surface area contributed by atoms with Crippen molar-refractivity contribution in [1.29, 1.82) is 0 Å². The van der Waals surface area contributed by atoms with Gasteiger partial charge in [0.1, 0.15) is 5.75 Å². The first-order valence-corrected chi connectivity index (χ1v) is 9.33. The summed E-state index contributed by atoms with van der Waals surface area (Å²) in [6.07, 6.45) is 0. The first kappa shape index (κ1) is 19.1.